The van der Waals surface area contributed by atoms with Crippen LogP contribution in [0, 0.1) is 17.8 Å². The number of fused-ring (bicyclic) bond motifs is 2. The molecule has 3 N–H and O–H groups in total. The lowest BCUT2D eigenvalue weighted by atomic mass is 9.84. The van der Waals surface area contributed by atoms with Crippen LogP contribution in [-0.2, 0) is 4.79 Å². The minimum atomic E-state index is -0.00676. The molecule has 0 spiro atoms. The van der Waals surface area contributed by atoms with Gasteiger partial charge in [0.15, 0.2) is 0 Å². The van der Waals surface area contributed by atoms with Crippen LogP contribution in [-0.4, -0.2) is 11.9 Å². The lowest BCUT2D eigenvalue weighted by Crippen LogP contribution is -2.39. The first-order valence-electron chi connectivity index (χ1n) is 7.96. The second kappa shape index (κ2) is 5.92. The number of nitrogens with one attached hydrogen (secondary N) is 1. The van der Waals surface area contributed by atoms with E-state index in [1.165, 1.54) is 25.7 Å². The second-order valence-corrected chi connectivity index (χ2v) is 6.64. The predicted octanol–water partition coefficient (Wildman–Crippen LogP) is 3.22. The Morgan fingerprint density at radius 1 is 1.38 bits per heavy atom. The molecule has 4 unspecified atom stereocenters. The number of anilines is 1. The van der Waals surface area contributed by atoms with Gasteiger partial charge in [0.1, 0.15) is 0 Å². The van der Waals surface area contributed by atoms with Crippen molar-refractivity contribution in [2.24, 2.45) is 17.8 Å². The number of rotatable bonds is 4. The molecule has 0 saturated heterocycles. The van der Waals surface area contributed by atoms with Gasteiger partial charge in [-0.15, -0.1) is 0 Å². The van der Waals surface area contributed by atoms with Crippen molar-refractivity contribution < 1.29 is 4.79 Å². The molecule has 112 valence electrons. The number of nitrogen functional groups attached to an aromatic ring is 1. The van der Waals surface area contributed by atoms with Crippen molar-refractivity contribution in [2.75, 3.05) is 5.73 Å². The van der Waals surface area contributed by atoms with Crippen molar-refractivity contribution in [2.45, 2.75) is 38.6 Å². The van der Waals surface area contributed by atoms with Gasteiger partial charge < -0.3 is 11.1 Å². The zero-order valence-corrected chi connectivity index (χ0v) is 12.6. The van der Waals surface area contributed by atoms with E-state index in [0.29, 0.717) is 11.6 Å². The summed E-state index contributed by atoms with van der Waals surface area (Å²) in [7, 11) is 0. The Morgan fingerprint density at radius 3 is 2.90 bits per heavy atom. The normalized spacial score (nSPS) is 28.9. The third-order valence-electron chi connectivity index (χ3n) is 5.14. The summed E-state index contributed by atoms with van der Waals surface area (Å²) in [4.78, 5) is 12.0. The fraction of sp³-hybridized carbons (Fsp3) is 0.500. The predicted molar refractivity (Wildman–Crippen MR) is 86.4 cm³/mol. The van der Waals surface area contributed by atoms with Crippen LogP contribution < -0.4 is 11.1 Å². The van der Waals surface area contributed by atoms with Crippen LogP contribution >= 0.6 is 0 Å². The molecule has 0 heterocycles. The molecule has 0 aromatic heterocycles. The first-order valence-corrected chi connectivity index (χ1v) is 7.96. The summed E-state index contributed by atoms with van der Waals surface area (Å²) in [5, 5.41) is 3.13. The summed E-state index contributed by atoms with van der Waals surface area (Å²) in [5.41, 5.74) is 7.40. The van der Waals surface area contributed by atoms with E-state index in [1.54, 1.807) is 6.08 Å². The number of amides is 1. The summed E-state index contributed by atoms with van der Waals surface area (Å²) in [6, 6.07) is 7.82. The van der Waals surface area contributed by atoms with Gasteiger partial charge in [-0.1, -0.05) is 18.6 Å². The lowest BCUT2D eigenvalue weighted by molar-refractivity contribution is -0.117. The van der Waals surface area contributed by atoms with E-state index in [1.807, 2.05) is 30.3 Å². The number of carbonyl (C=O) groups excluding carboxylic acids is 1. The van der Waals surface area contributed by atoms with Crippen LogP contribution in [0.2, 0.25) is 0 Å². The Kier molecular flexibility index (Phi) is 4.00. The van der Waals surface area contributed by atoms with Gasteiger partial charge in [0.05, 0.1) is 0 Å². The maximum absolute atomic E-state index is 12.0. The van der Waals surface area contributed by atoms with E-state index in [2.05, 4.69) is 12.2 Å². The highest BCUT2D eigenvalue weighted by atomic mass is 16.1. The number of carbonyl (C=O) groups is 1. The van der Waals surface area contributed by atoms with Gasteiger partial charge in [0.2, 0.25) is 5.91 Å². The first-order chi connectivity index (χ1) is 10.1. The van der Waals surface area contributed by atoms with Crippen molar-refractivity contribution >= 4 is 17.7 Å². The largest absolute Gasteiger partial charge is 0.399 e. The average Bonchev–Trinajstić information content (AvgIpc) is 3.08. The van der Waals surface area contributed by atoms with Crippen LogP contribution in [0.1, 0.15) is 38.2 Å². The van der Waals surface area contributed by atoms with Gasteiger partial charge in [0, 0.05) is 17.8 Å². The Balaban J connectivity index is 1.54. The summed E-state index contributed by atoms with van der Waals surface area (Å²) in [6.07, 6.45) is 8.86. The van der Waals surface area contributed by atoms with Gasteiger partial charge in [-0.05, 0) is 67.7 Å². The zero-order chi connectivity index (χ0) is 14.8. The highest BCUT2D eigenvalue weighted by Crippen LogP contribution is 2.49. The van der Waals surface area contributed by atoms with Crippen LogP contribution in [0.5, 0.6) is 0 Å². The molecular formula is C18H24N2O. The summed E-state index contributed by atoms with van der Waals surface area (Å²) in [6.45, 7) is 2.15. The van der Waals surface area contributed by atoms with Crippen molar-refractivity contribution in [3.63, 3.8) is 0 Å². The summed E-state index contributed by atoms with van der Waals surface area (Å²) < 4.78 is 0. The van der Waals surface area contributed by atoms with Crippen LogP contribution in [0.4, 0.5) is 5.69 Å². The molecule has 1 aromatic rings. The molecule has 2 saturated carbocycles. The minimum absolute atomic E-state index is 0.00676. The molecule has 3 nitrogen and oxygen atoms in total. The molecule has 2 aliphatic carbocycles. The second-order valence-electron chi connectivity index (χ2n) is 6.64. The van der Waals surface area contributed by atoms with E-state index in [4.69, 9.17) is 5.73 Å². The Morgan fingerprint density at radius 2 is 2.24 bits per heavy atom. The smallest absolute Gasteiger partial charge is 0.244 e. The van der Waals surface area contributed by atoms with Crippen molar-refractivity contribution in [1.29, 1.82) is 0 Å². The van der Waals surface area contributed by atoms with Crippen LogP contribution in [0.15, 0.2) is 30.3 Å². The third kappa shape index (κ3) is 3.29. The molecule has 21 heavy (non-hydrogen) atoms. The quantitative estimate of drug-likeness (QED) is 0.659. The number of hydrogen-bond acceptors (Lipinski definition) is 2. The zero-order valence-electron chi connectivity index (χ0n) is 12.6. The minimum Gasteiger partial charge on any atom is -0.399 e. The molecule has 0 aliphatic heterocycles. The van der Waals surface area contributed by atoms with E-state index < -0.39 is 0 Å². The maximum Gasteiger partial charge on any atom is 0.244 e. The molecule has 0 radical (unpaired) electrons. The Hall–Kier alpha value is -1.77. The third-order valence-corrected chi connectivity index (χ3v) is 5.14. The van der Waals surface area contributed by atoms with Gasteiger partial charge in [-0.3, -0.25) is 4.79 Å². The van der Waals surface area contributed by atoms with Crippen molar-refractivity contribution in [3.8, 4) is 0 Å². The van der Waals surface area contributed by atoms with Crippen molar-refractivity contribution in [1.82, 2.24) is 5.32 Å². The van der Waals surface area contributed by atoms with Gasteiger partial charge in [-0.25, -0.2) is 0 Å². The highest BCUT2D eigenvalue weighted by Gasteiger charge is 2.41. The molecule has 2 fully saturated rings. The fourth-order valence-electron chi connectivity index (χ4n) is 4.12. The van der Waals surface area contributed by atoms with E-state index in [-0.39, 0.29) is 11.9 Å². The van der Waals surface area contributed by atoms with Gasteiger partial charge in [0.25, 0.3) is 0 Å². The Labute approximate surface area is 126 Å². The highest BCUT2D eigenvalue weighted by molar-refractivity contribution is 5.92. The number of benzene rings is 1. The average molecular weight is 284 g/mol. The standard InChI is InChI=1S/C18H24N2O/c1-12(17-11-14-5-7-15(17)9-14)20-18(21)8-6-13-3-2-4-16(19)10-13/h2-4,6,8,10,12,14-15,17H,5,7,9,11,19H2,1H3,(H,20,21)/b8-6+. The SMILES string of the molecule is CC(NC(=O)/C=C/c1cccc(N)c1)C1CC2CCC1C2. The summed E-state index contributed by atoms with van der Waals surface area (Å²) >= 11 is 0. The van der Waals surface area contributed by atoms with Gasteiger partial charge >= 0.3 is 0 Å². The first kappa shape index (κ1) is 14.2. The van der Waals surface area contributed by atoms with E-state index >= 15 is 0 Å². The topological polar surface area (TPSA) is 55.1 Å². The van der Waals surface area contributed by atoms with Gasteiger partial charge in [-0.2, -0.15) is 0 Å². The van der Waals surface area contributed by atoms with E-state index in [9.17, 15) is 4.79 Å². The van der Waals surface area contributed by atoms with Crippen molar-refractivity contribution in [3.05, 3.63) is 35.9 Å². The molecule has 2 bridgehead atoms. The molecule has 4 atom stereocenters. The van der Waals surface area contributed by atoms with Crippen LogP contribution in [0.3, 0.4) is 0 Å². The fourth-order valence-corrected chi connectivity index (χ4v) is 4.12. The number of hydrogen-bond donors (Lipinski definition) is 2. The Bertz CT molecular complexity index is 552. The monoisotopic (exact) mass is 284 g/mol. The molecule has 2 aliphatic rings. The molecule has 3 rings (SSSR count). The maximum atomic E-state index is 12.0. The lowest BCUT2D eigenvalue weighted by Gasteiger charge is -2.28. The van der Waals surface area contributed by atoms with Crippen LogP contribution in [0.25, 0.3) is 6.08 Å². The molecule has 1 aromatic carbocycles. The molecule has 1 amide bonds. The number of nitrogens with two attached hydrogens (primary N) is 1. The molecule has 3 heteroatoms. The molecular weight excluding hydrogens is 260 g/mol. The summed E-state index contributed by atoms with van der Waals surface area (Å²) in [5.74, 6) is 2.42. The van der Waals surface area contributed by atoms with E-state index in [0.717, 1.165) is 17.4 Å².